The summed E-state index contributed by atoms with van der Waals surface area (Å²) in [4.78, 5) is 2.10. The van der Waals surface area contributed by atoms with Crippen molar-refractivity contribution in [3.05, 3.63) is 48.1 Å². The fourth-order valence-corrected chi connectivity index (χ4v) is 1.16. The molecule has 0 unspecified atom stereocenters. The van der Waals surface area contributed by atoms with Crippen LogP contribution in [0, 0.1) is 0 Å². The molecule has 1 rings (SSSR count). The lowest BCUT2D eigenvalue weighted by atomic mass is 10.2. The van der Waals surface area contributed by atoms with Crippen molar-refractivity contribution in [2.75, 3.05) is 19.0 Å². The van der Waals surface area contributed by atoms with E-state index in [2.05, 4.69) is 35.2 Å². The molecule has 1 nitrogen and oxygen atoms in total. The highest BCUT2D eigenvalue weighted by molar-refractivity contribution is 5.85. The Balaban J connectivity index is 0.00000196. The Morgan fingerprint density at radius 1 is 1.00 bits per heavy atom. The zero-order valence-electron chi connectivity index (χ0n) is 9.47. The van der Waals surface area contributed by atoms with E-state index in [4.69, 9.17) is 0 Å². The third-order valence-corrected chi connectivity index (χ3v) is 2.00. The van der Waals surface area contributed by atoms with Crippen LogP contribution < -0.4 is 4.90 Å². The Bertz CT molecular complexity index is 323. The minimum absolute atomic E-state index is 0. The zero-order chi connectivity index (χ0) is 10.4. The number of halogens is 1. The molecule has 0 fully saturated rings. The number of allylic oxidation sites excluding steroid dienone is 3. The van der Waals surface area contributed by atoms with Gasteiger partial charge in [0.25, 0.3) is 0 Å². The Labute approximate surface area is 98.5 Å². The Morgan fingerprint density at radius 3 is 2.07 bits per heavy atom. The number of nitrogens with zero attached hydrogens (tertiary/aromatic N) is 1. The third kappa shape index (κ3) is 4.71. The second-order valence-corrected chi connectivity index (χ2v) is 3.37. The SMILES string of the molecule is CC=CC=Cc1ccc(N(C)C)cc1.Cl. The summed E-state index contributed by atoms with van der Waals surface area (Å²) in [5.74, 6) is 0. The number of hydrogen-bond acceptors (Lipinski definition) is 1. The lowest BCUT2D eigenvalue weighted by molar-refractivity contribution is 1.13. The van der Waals surface area contributed by atoms with Gasteiger partial charge < -0.3 is 4.90 Å². The number of hydrogen-bond donors (Lipinski definition) is 0. The van der Waals surface area contributed by atoms with Crippen LogP contribution >= 0.6 is 12.4 Å². The first kappa shape index (κ1) is 13.8. The van der Waals surface area contributed by atoms with E-state index in [1.807, 2.05) is 39.2 Å². The van der Waals surface area contributed by atoms with E-state index in [-0.39, 0.29) is 12.4 Å². The van der Waals surface area contributed by atoms with Crippen molar-refractivity contribution in [3.63, 3.8) is 0 Å². The van der Waals surface area contributed by atoms with Gasteiger partial charge in [-0.1, -0.05) is 36.4 Å². The van der Waals surface area contributed by atoms with Crippen molar-refractivity contribution in [1.29, 1.82) is 0 Å². The molecule has 15 heavy (non-hydrogen) atoms. The van der Waals surface area contributed by atoms with Crippen molar-refractivity contribution >= 4 is 24.2 Å². The molecule has 0 atom stereocenters. The molecule has 0 heterocycles. The molecule has 2 heteroatoms. The van der Waals surface area contributed by atoms with Gasteiger partial charge >= 0.3 is 0 Å². The van der Waals surface area contributed by atoms with Crippen molar-refractivity contribution in [2.24, 2.45) is 0 Å². The summed E-state index contributed by atoms with van der Waals surface area (Å²) in [5, 5.41) is 0. The van der Waals surface area contributed by atoms with Crippen LogP contribution in [0.25, 0.3) is 6.08 Å². The summed E-state index contributed by atoms with van der Waals surface area (Å²) in [6, 6.07) is 8.48. The molecule has 0 N–H and O–H groups in total. The van der Waals surface area contributed by atoms with Crippen molar-refractivity contribution in [3.8, 4) is 0 Å². The van der Waals surface area contributed by atoms with Crippen LogP contribution in [0.4, 0.5) is 5.69 Å². The zero-order valence-corrected chi connectivity index (χ0v) is 10.3. The topological polar surface area (TPSA) is 3.24 Å². The molecule has 0 aliphatic carbocycles. The van der Waals surface area contributed by atoms with Crippen LogP contribution in [-0.2, 0) is 0 Å². The predicted molar refractivity (Wildman–Crippen MR) is 71.9 cm³/mol. The average Bonchev–Trinajstić information content (AvgIpc) is 2.19. The molecule has 0 aromatic heterocycles. The standard InChI is InChI=1S/C13H17N.ClH/c1-4-5-6-7-12-8-10-13(11-9-12)14(2)3;/h4-11H,1-3H3;1H. The second kappa shape index (κ2) is 7.13. The normalized spacial score (nSPS) is 10.6. The molecule has 0 aliphatic heterocycles. The fraction of sp³-hybridized carbons (Fsp3) is 0.231. The molecule has 0 saturated heterocycles. The van der Waals surface area contributed by atoms with Crippen LogP contribution in [-0.4, -0.2) is 14.1 Å². The van der Waals surface area contributed by atoms with Crippen LogP contribution in [0.15, 0.2) is 42.5 Å². The van der Waals surface area contributed by atoms with Crippen molar-refractivity contribution in [1.82, 2.24) is 0 Å². The van der Waals surface area contributed by atoms with E-state index in [0.717, 1.165) is 0 Å². The summed E-state index contributed by atoms with van der Waals surface area (Å²) in [6.07, 6.45) is 8.19. The number of anilines is 1. The quantitative estimate of drug-likeness (QED) is 0.706. The lowest BCUT2D eigenvalue weighted by Crippen LogP contribution is -2.07. The third-order valence-electron chi connectivity index (χ3n) is 2.00. The van der Waals surface area contributed by atoms with E-state index in [1.165, 1.54) is 11.3 Å². The molecule has 0 radical (unpaired) electrons. The summed E-state index contributed by atoms with van der Waals surface area (Å²) >= 11 is 0. The highest BCUT2D eigenvalue weighted by Gasteiger charge is 1.92. The number of rotatable bonds is 3. The minimum atomic E-state index is 0. The molecule has 0 spiro atoms. The highest BCUT2D eigenvalue weighted by Crippen LogP contribution is 2.12. The Morgan fingerprint density at radius 2 is 1.60 bits per heavy atom. The smallest absolute Gasteiger partial charge is 0.0361 e. The van der Waals surface area contributed by atoms with Gasteiger partial charge in [0.2, 0.25) is 0 Å². The summed E-state index contributed by atoms with van der Waals surface area (Å²) in [5.41, 5.74) is 2.46. The molecule has 1 aromatic carbocycles. The molecule has 1 aromatic rings. The molecular formula is C13H18ClN. The molecule has 0 amide bonds. The van der Waals surface area contributed by atoms with Crippen LogP contribution in [0.3, 0.4) is 0 Å². The second-order valence-electron chi connectivity index (χ2n) is 3.37. The Kier molecular flexibility index (Phi) is 6.56. The van der Waals surface area contributed by atoms with E-state index >= 15 is 0 Å². The fourth-order valence-electron chi connectivity index (χ4n) is 1.16. The van der Waals surface area contributed by atoms with Crippen molar-refractivity contribution < 1.29 is 0 Å². The first-order valence-electron chi connectivity index (χ1n) is 4.81. The van der Waals surface area contributed by atoms with E-state index in [0.29, 0.717) is 0 Å². The van der Waals surface area contributed by atoms with Crippen LogP contribution in [0.2, 0.25) is 0 Å². The van der Waals surface area contributed by atoms with Gasteiger partial charge in [0.1, 0.15) is 0 Å². The maximum absolute atomic E-state index is 2.12. The molecule has 0 bridgehead atoms. The van der Waals surface area contributed by atoms with Gasteiger partial charge in [-0.3, -0.25) is 0 Å². The minimum Gasteiger partial charge on any atom is -0.378 e. The van der Waals surface area contributed by atoms with Crippen molar-refractivity contribution in [2.45, 2.75) is 6.92 Å². The molecule has 0 saturated carbocycles. The van der Waals surface area contributed by atoms with Gasteiger partial charge in [-0.2, -0.15) is 0 Å². The van der Waals surface area contributed by atoms with E-state index in [9.17, 15) is 0 Å². The first-order valence-corrected chi connectivity index (χ1v) is 4.81. The van der Waals surface area contributed by atoms with Gasteiger partial charge in [0.15, 0.2) is 0 Å². The average molecular weight is 224 g/mol. The van der Waals surface area contributed by atoms with Gasteiger partial charge in [0, 0.05) is 19.8 Å². The van der Waals surface area contributed by atoms with Gasteiger partial charge in [-0.15, -0.1) is 12.4 Å². The van der Waals surface area contributed by atoms with E-state index < -0.39 is 0 Å². The summed E-state index contributed by atoms with van der Waals surface area (Å²) in [6.45, 7) is 2.01. The highest BCUT2D eigenvalue weighted by atomic mass is 35.5. The van der Waals surface area contributed by atoms with Gasteiger partial charge in [-0.25, -0.2) is 0 Å². The molecular weight excluding hydrogens is 206 g/mol. The number of benzene rings is 1. The summed E-state index contributed by atoms with van der Waals surface area (Å²) < 4.78 is 0. The van der Waals surface area contributed by atoms with Gasteiger partial charge in [-0.05, 0) is 24.6 Å². The largest absolute Gasteiger partial charge is 0.378 e. The maximum Gasteiger partial charge on any atom is 0.0361 e. The summed E-state index contributed by atoms with van der Waals surface area (Å²) in [7, 11) is 4.09. The monoisotopic (exact) mass is 223 g/mol. The van der Waals surface area contributed by atoms with Crippen LogP contribution in [0.1, 0.15) is 12.5 Å². The Hall–Kier alpha value is -1.21. The molecule has 0 aliphatic rings. The van der Waals surface area contributed by atoms with Gasteiger partial charge in [0.05, 0.1) is 0 Å². The van der Waals surface area contributed by atoms with E-state index in [1.54, 1.807) is 0 Å². The lowest BCUT2D eigenvalue weighted by Gasteiger charge is -2.11. The first-order chi connectivity index (χ1) is 6.74. The maximum atomic E-state index is 2.12. The predicted octanol–water partition coefficient (Wildman–Crippen LogP) is 3.76. The van der Waals surface area contributed by atoms with Crippen LogP contribution in [0.5, 0.6) is 0 Å². The molecule has 82 valence electrons.